The van der Waals surface area contributed by atoms with Crippen LogP contribution in [0.4, 0.5) is 23.1 Å². The number of thiazole rings is 1. The van der Waals surface area contributed by atoms with Gasteiger partial charge in [-0.15, -0.1) is 11.3 Å². The lowest BCUT2D eigenvalue weighted by Gasteiger charge is -2.32. The number of aliphatic hydroxyl groups is 1. The van der Waals surface area contributed by atoms with Gasteiger partial charge in [0.1, 0.15) is 6.10 Å². The lowest BCUT2D eigenvalue weighted by molar-refractivity contribution is 0.111. The van der Waals surface area contributed by atoms with Gasteiger partial charge in [-0.1, -0.05) is 0 Å². The van der Waals surface area contributed by atoms with Gasteiger partial charge >= 0.3 is 6.03 Å². The van der Waals surface area contributed by atoms with Gasteiger partial charge in [-0.3, -0.25) is 5.32 Å². The number of anilines is 1. The van der Waals surface area contributed by atoms with Crippen LogP contribution >= 0.6 is 11.3 Å². The van der Waals surface area contributed by atoms with E-state index in [1.54, 1.807) is 11.1 Å². The maximum Gasteiger partial charge on any atom is 0.323 e. The minimum atomic E-state index is -1.62. The Morgan fingerprint density at radius 2 is 2.07 bits per heavy atom. The topological polar surface area (TPSA) is 83.9 Å². The Labute approximate surface area is 169 Å². The number of carbonyl (C=O) groups is 1. The standard InChI is InChI=1S/C18H20F3N3O4S/c1-27-16-13(8-12(19)14(20)15(16)21)28-10-2-5-24(6-3-10)18(26)23-17-22-9-11(29-17)4-7-25/h8-10,25H,2-7H2,1H3,(H,22,23,26). The first kappa shape index (κ1) is 21.2. The number of urea groups is 1. The molecule has 7 nitrogen and oxygen atoms in total. The summed E-state index contributed by atoms with van der Waals surface area (Å²) in [6.07, 6.45) is 2.51. The van der Waals surface area contributed by atoms with E-state index >= 15 is 0 Å². The van der Waals surface area contributed by atoms with Crippen molar-refractivity contribution in [1.82, 2.24) is 9.88 Å². The highest BCUT2D eigenvalue weighted by atomic mass is 32.1. The molecule has 0 aliphatic carbocycles. The highest BCUT2D eigenvalue weighted by Gasteiger charge is 2.27. The van der Waals surface area contributed by atoms with E-state index < -0.39 is 29.3 Å². The van der Waals surface area contributed by atoms with E-state index in [1.807, 2.05) is 0 Å². The molecule has 0 atom stereocenters. The Hall–Kier alpha value is -2.53. The van der Waals surface area contributed by atoms with Gasteiger partial charge in [0.25, 0.3) is 0 Å². The van der Waals surface area contributed by atoms with Crippen LogP contribution in [0.5, 0.6) is 11.5 Å². The summed E-state index contributed by atoms with van der Waals surface area (Å²) in [4.78, 5) is 18.9. The number of carbonyl (C=O) groups excluding carboxylic acids is 1. The smallest absolute Gasteiger partial charge is 0.323 e. The molecule has 2 aromatic rings. The second-order valence-electron chi connectivity index (χ2n) is 6.36. The molecule has 158 valence electrons. The Kier molecular flexibility index (Phi) is 6.80. The predicted molar refractivity (Wildman–Crippen MR) is 100 cm³/mol. The van der Waals surface area contributed by atoms with Crippen LogP contribution < -0.4 is 14.8 Å². The number of methoxy groups -OCH3 is 1. The summed E-state index contributed by atoms with van der Waals surface area (Å²) in [5, 5.41) is 12.1. The Balaban J connectivity index is 1.56. The summed E-state index contributed by atoms with van der Waals surface area (Å²) in [7, 11) is 1.14. The minimum absolute atomic E-state index is 0.00966. The quantitative estimate of drug-likeness (QED) is 0.687. The molecule has 2 heterocycles. The van der Waals surface area contributed by atoms with Crippen LogP contribution in [0.25, 0.3) is 0 Å². The van der Waals surface area contributed by atoms with Crippen molar-refractivity contribution in [1.29, 1.82) is 0 Å². The molecule has 1 aromatic heterocycles. The van der Waals surface area contributed by atoms with Crippen molar-refractivity contribution < 1.29 is 32.5 Å². The van der Waals surface area contributed by atoms with E-state index in [2.05, 4.69) is 10.3 Å². The summed E-state index contributed by atoms with van der Waals surface area (Å²) in [6, 6.07) is 0.438. The van der Waals surface area contributed by atoms with Crippen molar-refractivity contribution in [2.75, 3.05) is 32.1 Å². The average Bonchev–Trinajstić information content (AvgIpc) is 3.14. The Bertz CT molecular complexity index is 872. The van der Waals surface area contributed by atoms with E-state index in [4.69, 9.17) is 14.6 Å². The fourth-order valence-corrected chi connectivity index (χ4v) is 3.74. The van der Waals surface area contributed by atoms with Gasteiger partial charge in [0, 0.05) is 56.1 Å². The largest absolute Gasteiger partial charge is 0.490 e. The van der Waals surface area contributed by atoms with E-state index in [-0.39, 0.29) is 18.4 Å². The molecule has 1 aromatic carbocycles. The molecular formula is C18H20F3N3O4S. The molecule has 0 bridgehead atoms. The number of rotatable bonds is 6. The molecule has 0 radical (unpaired) electrons. The molecule has 11 heteroatoms. The number of hydrogen-bond donors (Lipinski definition) is 2. The van der Waals surface area contributed by atoms with E-state index in [0.717, 1.165) is 18.1 Å². The zero-order valence-electron chi connectivity index (χ0n) is 15.6. The van der Waals surface area contributed by atoms with Gasteiger partial charge in [-0.25, -0.2) is 18.6 Å². The van der Waals surface area contributed by atoms with Gasteiger partial charge in [-0.05, 0) is 0 Å². The van der Waals surface area contributed by atoms with Crippen molar-refractivity contribution in [2.45, 2.75) is 25.4 Å². The van der Waals surface area contributed by atoms with E-state index in [1.165, 1.54) is 11.3 Å². The van der Waals surface area contributed by atoms with Crippen LogP contribution in [0, 0.1) is 17.5 Å². The third kappa shape index (κ3) is 4.91. The third-order valence-corrected chi connectivity index (χ3v) is 5.41. The third-order valence-electron chi connectivity index (χ3n) is 4.44. The number of halogens is 3. The monoisotopic (exact) mass is 431 g/mol. The van der Waals surface area contributed by atoms with E-state index in [0.29, 0.717) is 37.5 Å². The first-order valence-corrected chi connectivity index (χ1v) is 9.74. The zero-order chi connectivity index (χ0) is 21.0. The molecule has 0 unspecified atom stereocenters. The number of hydrogen-bond acceptors (Lipinski definition) is 6. The van der Waals surface area contributed by atoms with Gasteiger partial charge in [0.05, 0.1) is 7.11 Å². The summed E-state index contributed by atoms with van der Waals surface area (Å²) in [5.74, 6) is -5.13. The fraction of sp³-hybridized carbons (Fsp3) is 0.444. The summed E-state index contributed by atoms with van der Waals surface area (Å²) >= 11 is 1.29. The molecule has 1 fully saturated rings. The molecule has 3 rings (SSSR count). The van der Waals surface area contributed by atoms with Gasteiger partial charge in [-0.2, -0.15) is 4.39 Å². The van der Waals surface area contributed by atoms with Crippen LogP contribution in [0.1, 0.15) is 17.7 Å². The van der Waals surface area contributed by atoms with Gasteiger partial charge in [0.15, 0.2) is 28.3 Å². The number of amides is 2. The number of piperidine rings is 1. The van der Waals surface area contributed by atoms with Crippen molar-refractivity contribution >= 4 is 22.5 Å². The molecule has 1 saturated heterocycles. The van der Waals surface area contributed by atoms with Crippen LogP contribution in [0.3, 0.4) is 0 Å². The minimum Gasteiger partial charge on any atom is -0.490 e. The lowest BCUT2D eigenvalue weighted by atomic mass is 10.1. The summed E-state index contributed by atoms with van der Waals surface area (Å²) in [5.41, 5.74) is 0. The molecule has 0 saturated carbocycles. The summed E-state index contributed by atoms with van der Waals surface area (Å²) < 4.78 is 51.1. The number of nitrogens with zero attached hydrogens (tertiary/aromatic N) is 2. The van der Waals surface area contributed by atoms with Crippen molar-refractivity contribution in [2.24, 2.45) is 0 Å². The number of aromatic nitrogens is 1. The van der Waals surface area contributed by atoms with Crippen LogP contribution in [-0.2, 0) is 6.42 Å². The maximum absolute atomic E-state index is 13.8. The Morgan fingerprint density at radius 1 is 1.34 bits per heavy atom. The normalized spacial score (nSPS) is 14.7. The first-order chi connectivity index (χ1) is 13.9. The van der Waals surface area contributed by atoms with Crippen LogP contribution in [0.15, 0.2) is 12.3 Å². The molecule has 1 aliphatic heterocycles. The predicted octanol–water partition coefficient (Wildman–Crippen LogP) is 3.18. The van der Waals surface area contributed by atoms with Crippen LogP contribution in [-0.4, -0.2) is 53.9 Å². The van der Waals surface area contributed by atoms with Gasteiger partial charge in [0.2, 0.25) is 5.82 Å². The number of ether oxygens (including phenoxy) is 2. The Morgan fingerprint density at radius 3 is 2.72 bits per heavy atom. The second kappa shape index (κ2) is 9.31. The molecule has 1 aliphatic rings. The fourth-order valence-electron chi connectivity index (χ4n) is 2.95. The lowest BCUT2D eigenvalue weighted by Crippen LogP contribution is -2.43. The SMILES string of the molecule is COc1c(OC2CCN(C(=O)Nc3ncc(CCO)s3)CC2)cc(F)c(F)c1F. The molecule has 29 heavy (non-hydrogen) atoms. The van der Waals surface area contributed by atoms with Gasteiger partial charge < -0.3 is 19.5 Å². The second-order valence-corrected chi connectivity index (χ2v) is 7.47. The number of benzene rings is 1. The van der Waals surface area contributed by atoms with Crippen molar-refractivity contribution in [3.8, 4) is 11.5 Å². The molecule has 2 amide bonds. The number of aliphatic hydroxyl groups excluding tert-OH is 1. The molecular weight excluding hydrogens is 411 g/mol. The maximum atomic E-state index is 13.8. The number of nitrogens with one attached hydrogen (secondary N) is 1. The van der Waals surface area contributed by atoms with Crippen molar-refractivity contribution in [3.05, 3.63) is 34.6 Å². The van der Waals surface area contributed by atoms with Crippen molar-refractivity contribution in [3.63, 3.8) is 0 Å². The average molecular weight is 431 g/mol. The molecule has 0 spiro atoms. The summed E-state index contributed by atoms with van der Waals surface area (Å²) in [6.45, 7) is 0.732. The first-order valence-electron chi connectivity index (χ1n) is 8.92. The number of likely N-dealkylation sites (tertiary alicyclic amines) is 1. The van der Waals surface area contributed by atoms with E-state index in [9.17, 15) is 18.0 Å². The zero-order valence-corrected chi connectivity index (χ0v) is 16.4. The highest BCUT2D eigenvalue weighted by molar-refractivity contribution is 7.15. The highest BCUT2D eigenvalue weighted by Crippen LogP contribution is 2.35. The van der Waals surface area contributed by atoms with Crippen LogP contribution in [0.2, 0.25) is 0 Å². The molecule has 2 N–H and O–H groups in total.